The highest BCUT2D eigenvalue weighted by Gasteiger charge is 2.00. The van der Waals surface area contributed by atoms with Crippen LogP contribution in [0.5, 0.6) is 0 Å². The molecule has 0 aliphatic rings. The van der Waals surface area contributed by atoms with E-state index < -0.39 is 0 Å². The standard InChI is InChI=1S/C10H10N2O/c1-8-3-2-4-9(5-8)6-10-12-11-7-13-10/h2-5,7H,6H2,1H3. The van der Waals surface area contributed by atoms with Gasteiger partial charge in [0.1, 0.15) is 0 Å². The Bertz CT molecular complexity index is 382. The van der Waals surface area contributed by atoms with Crippen LogP contribution in [-0.4, -0.2) is 10.2 Å². The second-order valence-electron chi connectivity index (χ2n) is 3.00. The monoisotopic (exact) mass is 174 g/mol. The number of nitrogens with zero attached hydrogens (tertiary/aromatic N) is 2. The minimum absolute atomic E-state index is 0.658. The zero-order valence-electron chi connectivity index (χ0n) is 7.40. The van der Waals surface area contributed by atoms with Crippen molar-refractivity contribution in [3.8, 4) is 0 Å². The molecule has 2 aromatic rings. The first kappa shape index (κ1) is 7.98. The average Bonchev–Trinajstić information content (AvgIpc) is 2.57. The van der Waals surface area contributed by atoms with Gasteiger partial charge in [0, 0.05) is 0 Å². The van der Waals surface area contributed by atoms with Gasteiger partial charge in [-0.25, -0.2) is 0 Å². The molecule has 0 spiro atoms. The second-order valence-corrected chi connectivity index (χ2v) is 3.00. The van der Waals surface area contributed by atoms with Crippen molar-refractivity contribution in [1.82, 2.24) is 10.2 Å². The van der Waals surface area contributed by atoms with Gasteiger partial charge < -0.3 is 4.42 Å². The molecule has 0 amide bonds. The van der Waals surface area contributed by atoms with Gasteiger partial charge in [-0.3, -0.25) is 0 Å². The maximum atomic E-state index is 5.06. The SMILES string of the molecule is Cc1cccc(Cc2nnco2)c1. The first-order chi connectivity index (χ1) is 6.34. The summed E-state index contributed by atoms with van der Waals surface area (Å²) < 4.78 is 5.06. The Morgan fingerprint density at radius 1 is 1.38 bits per heavy atom. The van der Waals surface area contributed by atoms with Crippen molar-refractivity contribution in [2.75, 3.05) is 0 Å². The van der Waals surface area contributed by atoms with E-state index in [1.165, 1.54) is 17.5 Å². The van der Waals surface area contributed by atoms with Gasteiger partial charge in [-0.1, -0.05) is 29.8 Å². The summed E-state index contributed by atoms with van der Waals surface area (Å²) >= 11 is 0. The summed E-state index contributed by atoms with van der Waals surface area (Å²) in [6.07, 6.45) is 2.06. The fourth-order valence-electron chi connectivity index (χ4n) is 1.27. The fraction of sp³-hybridized carbons (Fsp3) is 0.200. The predicted octanol–water partition coefficient (Wildman–Crippen LogP) is 1.97. The molecule has 3 nitrogen and oxygen atoms in total. The number of rotatable bonds is 2. The highest BCUT2D eigenvalue weighted by molar-refractivity contribution is 5.24. The molecule has 0 saturated heterocycles. The van der Waals surface area contributed by atoms with Gasteiger partial charge in [0.25, 0.3) is 0 Å². The molecule has 1 aromatic carbocycles. The van der Waals surface area contributed by atoms with Crippen LogP contribution in [0.2, 0.25) is 0 Å². The van der Waals surface area contributed by atoms with Crippen LogP contribution in [0.4, 0.5) is 0 Å². The number of benzene rings is 1. The minimum atomic E-state index is 0.658. The van der Waals surface area contributed by atoms with Gasteiger partial charge in [-0.2, -0.15) is 0 Å². The van der Waals surface area contributed by atoms with Gasteiger partial charge in [0.2, 0.25) is 12.3 Å². The van der Waals surface area contributed by atoms with Crippen molar-refractivity contribution in [2.45, 2.75) is 13.3 Å². The molecular formula is C10H10N2O. The molecule has 0 bridgehead atoms. The summed E-state index contributed by atoms with van der Waals surface area (Å²) in [7, 11) is 0. The highest BCUT2D eigenvalue weighted by atomic mass is 16.4. The Labute approximate surface area is 76.4 Å². The topological polar surface area (TPSA) is 38.9 Å². The molecule has 66 valence electrons. The van der Waals surface area contributed by atoms with E-state index in [2.05, 4.69) is 35.3 Å². The van der Waals surface area contributed by atoms with Crippen LogP contribution in [0.15, 0.2) is 35.1 Å². The maximum absolute atomic E-state index is 5.06. The lowest BCUT2D eigenvalue weighted by Gasteiger charge is -1.97. The predicted molar refractivity (Wildman–Crippen MR) is 48.3 cm³/mol. The Hall–Kier alpha value is -1.64. The zero-order valence-corrected chi connectivity index (χ0v) is 7.40. The quantitative estimate of drug-likeness (QED) is 0.698. The molecule has 2 rings (SSSR count). The highest BCUT2D eigenvalue weighted by Crippen LogP contribution is 2.08. The molecule has 0 unspecified atom stereocenters. The van der Waals surface area contributed by atoms with E-state index in [9.17, 15) is 0 Å². The van der Waals surface area contributed by atoms with Crippen LogP contribution >= 0.6 is 0 Å². The minimum Gasteiger partial charge on any atom is -0.428 e. The number of hydrogen-bond donors (Lipinski definition) is 0. The first-order valence-electron chi connectivity index (χ1n) is 4.15. The largest absolute Gasteiger partial charge is 0.428 e. The molecular weight excluding hydrogens is 164 g/mol. The van der Waals surface area contributed by atoms with Crippen molar-refractivity contribution in [3.05, 3.63) is 47.7 Å². The molecule has 0 atom stereocenters. The number of aromatic nitrogens is 2. The van der Waals surface area contributed by atoms with Gasteiger partial charge in [0.05, 0.1) is 6.42 Å². The van der Waals surface area contributed by atoms with Crippen LogP contribution < -0.4 is 0 Å². The van der Waals surface area contributed by atoms with E-state index in [0.717, 1.165) is 0 Å². The zero-order chi connectivity index (χ0) is 9.10. The number of hydrogen-bond acceptors (Lipinski definition) is 3. The molecule has 3 heteroatoms. The third kappa shape index (κ3) is 1.93. The lowest BCUT2D eigenvalue weighted by Crippen LogP contribution is -1.88. The van der Waals surface area contributed by atoms with Crippen LogP contribution in [0.1, 0.15) is 17.0 Å². The Morgan fingerprint density at radius 3 is 3.00 bits per heavy atom. The Kier molecular flexibility index (Phi) is 2.08. The Morgan fingerprint density at radius 2 is 2.31 bits per heavy atom. The van der Waals surface area contributed by atoms with E-state index in [1.54, 1.807) is 0 Å². The normalized spacial score (nSPS) is 10.2. The Balaban J connectivity index is 2.19. The third-order valence-electron chi connectivity index (χ3n) is 1.84. The van der Waals surface area contributed by atoms with E-state index in [-0.39, 0.29) is 0 Å². The van der Waals surface area contributed by atoms with E-state index in [0.29, 0.717) is 12.3 Å². The van der Waals surface area contributed by atoms with E-state index in [1.807, 2.05) is 6.07 Å². The van der Waals surface area contributed by atoms with Crippen LogP contribution in [0, 0.1) is 6.92 Å². The third-order valence-corrected chi connectivity index (χ3v) is 1.84. The van der Waals surface area contributed by atoms with Crippen molar-refractivity contribution in [1.29, 1.82) is 0 Å². The smallest absolute Gasteiger partial charge is 0.220 e. The van der Waals surface area contributed by atoms with Crippen molar-refractivity contribution in [3.63, 3.8) is 0 Å². The maximum Gasteiger partial charge on any atom is 0.220 e. The van der Waals surface area contributed by atoms with Gasteiger partial charge in [-0.15, -0.1) is 10.2 Å². The van der Waals surface area contributed by atoms with Crippen LogP contribution in [0.3, 0.4) is 0 Å². The van der Waals surface area contributed by atoms with Crippen molar-refractivity contribution in [2.24, 2.45) is 0 Å². The molecule has 0 N–H and O–H groups in total. The molecule has 13 heavy (non-hydrogen) atoms. The molecule has 0 aliphatic carbocycles. The fourth-order valence-corrected chi connectivity index (χ4v) is 1.27. The summed E-state index contributed by atoms with van der Waals surface area (Å²) in [4.78, 5) is 0. The number of aryl methyl sites for hydroxylation is 1. The van der Waals surface area contributed by atoms with Gasteiger partial charge in [-0.05, 0) is 12.5 Å². The summed E-state index contributed by atoms with van der Waals surface area (Å²) in [5.41, 5.74) is 2.45. The van der Waals surface area contributed by atoms with Crippen molar-refractivity contribution >= 4 is 0 Å². The summed E-state index contributed by atoms with van der Waals surface area (Å²) in [6.45, 7) is 2.07. The van der Waals surface area contributed by atoms with E-state index >= 15 is 0 Å². The second kappa shape index (κ2) is 3.39. The molecule has 0 saturated carbocycles. The molecule has 1 heterocycles. The lowest BCUT2D eigenvalue weighted by molar-refractivity contribution is 0.505. The van der Waals surface area contributed by atoms with E-state index in [4.69, 9.17) is 4.42 Å². The lowest BCUT2D eigenvalue weighted by atomic mass is 10.1. The van der Waals surface area contributed by atoms with Gasteiger partial charge >= 0.3 is 0 Å². The van der Waals surface area contributed by atoms with Gasteiger partial charge in [0.15, 0.2) is 0 Å². The molecule has 1 aromatic heterocycles. The van der Waals surface area contributed by atoms with Crippen molar-refractivity contribution < 1.29 is 4.42 Å². The average molecular weight is 174 g/mol. The summed E-state index contributed by atoms with van der Waals surface area (Å²) in [5, 5.41) is 7.45. The van der Waals surface area contributed by atoms with Crippen LogP contribution in [-0.2, 0) is 6.42 Å². The summed E-state index contributed by atoms with van der Waals surface area (Å²) in [6, 6.07) is 8.26. The summed E-state index contributed by atoms with van der Waals surface area (Å²) in [5.74, 6) is 0.658. The molecule has 0 radical (unpaired) electrons. The molecule has 0 fully saturated rings. The molecule has 0 aliphatic heterocycles. The van der Waals surface area contributed by atoms with Crippen LogP contribution in [0.25, 0.3) is 0 Å². The first-order valence-corrected chi connectivity index (χ1v) is 4.15.